The van der Waals surface area contributed by atoms with Crippen LogP contribution in [0.25, 0.3) is 0 Å². The van der Waals surface area contributed by atoms with E-state index < -0.39 is 0 Å². The van der Waals surface area contributed by atoms with Crippen LogP contribution in [0.5, 0.6) is 11.6 Å². The molecular weight excluding hydrogens is 281 g/mol. The second kappa shape index (κ2) is 4.55. The Morgan fingerprint density at radius 1 is 1.20 bits per heavy atom. The normalized spacial score (nSPS) is 10.0. The maximum atomic E-state index is 5.78. The monoisotopic (exact) mass is 285 g/mol. The summed E-state index contributed by atoms with van der Waals surface area (Å²) in [6.45, 7) is 0. The minimum Gasteiger partial charge on any atom is -0.435 e. The molecule has 0 atom stereocenters. The molecule has 0 aromatic carbocycles. The summed E-state index contributed by atoms with van der Waals surface area (Å²) in [5.41, 5.74) is 0. The van der Waals surface area contributed by atoms with E-state index in [2.05, 4.69) is 30.9 Å². The van der Waals surface area contributed by atoms with Crippen molar-refractivity contribution in [2.45, 2.75) is 0 Å². The Bertz CT molecular complexity index is 480. The van der Waals surface area contributed by atoms with Crippen molar-refractivity contribution in [3.63, 3.8) is 0 Å². The lowest BCUT2D eigenvalue weighted by molar-refractivity contribution is 0.458. The number of nitrogens with zero attached hydrogens (tertiary/aromatic N) is 3. The standard InChI is InChI=1S/C9H5BrClN3O/c10-6-3-7(5-12-4-6)15-9-8(11)13-1-2-14-9/h1-5H. The van der Waals surface area contributed by atoms with E-state index in [-0.39, 0.29) is 11.0 Å². The topological polar surface area (TPSA) is 47.9 Å². The van der Waals surface area contributed by atoms with Crippen molar-refractivity contribution in [3.05, 3.63) is 40.5 Å². The number of aromatic nitrogens is 3. The summed E-state index contributed by atoms with van der Waals surface area (Å²) in [6.07, 6.45) is 6.22. The third-order valence-corrected chi connectivity index (χ3v) is 2.21. The zero-order valence-corrected chi connectivity index (χ0v) is 9.73. The highest BCUT2D eigenvalue weighted by atomic mass is 79.9. The third-order valence-electron chi connectivity index (χ3n) is 1.52. The van der Waals surface area contributed by atoms with Gasteiger partial charge in [-0.05, 0) is 22.0 Å². The molecule has 15 heavy (non-hydrogen) atoms. The summed E-state index contributed by atoms with van der Waals surface area (Å²) < 4.78 is 6.21. The smallest absolute Gasteiger partial charge is 0.257 e. The molecule has 0 aliphatic carbocycles. The molecule has 2 aromatic heterocycles. The van der Waals surface area contributed by atoms with Gasteiger partial charge in [0, 0.05) is 23.1 Å². The summed E-state index contributed by atoms with van der Waals surface area (Å²) in [4.78, 5) is 11.7. The van der Waals surface area contributed by atoms with E-state index in [1.54, 1.807) is 18.5 Å². The molecule has 0 saturated carbocycles. The number of halogens is 2. The van der Waals surface area contributed by atoms with Gasteiger partial charge in [-0.25, -0.2) is 9.97 Å². The first kappa shape index (κ1) is 10.3. The minimum absolute atomic E-state index is 0.220. The molecule has 4 nitrogen and oxygen atoms in total. The van der Waals surface area contributed by atoms with E-state index in [9.17, 15) is 0 Å². The van der Waals surface area contributed by atoms with Crippen LogP contribution < -0.4 is 4.74 Å². The van der Waals surface area contributed by atoms with E-state index in [0.29, 0.717) is 5.75 Å². The Hall–Kier alpha value is -1.20. The first-order valence-corrected chi connectivity index (χ1v) is 5.18. The molecule has 76 valence electrons. The zero-order chi connectivity index (χ0) is 10.7. The van der Waals surface area contributed by atoms with Crippen LogP contribution in [0, 0.1) is 0 Å². The van der Waals surface area contributed by atoms with Crippen molar-refractivity contribution >= 4 is 27.5 Å². The fourth-order valence-electron chi connectivity index (χ4n) is 0.937. The third kappa shape index (κ3) is 2.64. The SMILES string of the molecule is Clc1nccnc1Oc1cncc(Br)c1. The molecule has 0 radical (unpaired) electrons. The van der Waals surface area contributed by atoms with Gasteiger partial charge in [0.15, 0.2) is 5.15 Å². The van der Waals surface area contributed by atoms with Gasteiger partial charge in [-0.1, -0.05) is 11.6 Å². The number of rotatable bonds is 2. The van der Waals surface area contributed by atoms with E-state index >= 15 is 0 Å². The van der Waals surface area contributed by atoms with Crippen LogP contribution in [-0.2, 0) is 0 Å². The Morgan fingerprint density at radius 2 is 2.00 bits per heavy atom. The summed E-state index contributed by atoms with van der Waals surface area (Å²) in [5, 5.41) is 0.220. The molecule has 0 saturated heterocycles. The van der Waals surface area contributed by atoms with Gasteiger partial charge in [0.2, 0.25) is 0 Å². The van der Waals surface area contributed by atoms with Gasteiger partial charge in [-0.2, -0.15) is 0 Å². The molecule has 0 amide bonds. The van der Waals surface area contributed by atoms with Crippen molar-refractivity contribution in [3.8, 4) is 11.6 Å². The Labute approximate surface area is 99.4 Å². The van der Waals surface area contributed by atoms with Crippen molar-refractivity contribution in [2.24, 2.45) is 0 Å². The lowest BCUT2D eigenvalue weighted by Gasteiger charge is -2.04. The van der Waals surface area contributed by atoms with Gasteiger partial charge in [-0.3, -0.25) is 4.98 Å². The predicted molar refractivity (Wildman–Crippen MR) is 59.1 cm³/mol. The van der Waals surface area contributed by atoms with Gasteiger partial charge in [0.05, 0.1) is 6.20 Å². The van der Waals surface area contributed by atoms with Gasteiger partial charge in [0.1, 0.15) is 5.75 Å². The molecule has 0 aliphatic heterocycles. The highest BCUT2D eigenvalue weighted by molar-refractivity contribution is 9.10. The average molecular weight is 287 g/mol. The van der Waals surface area contributed by atoms with Crippen LogP contribution in [0.1, 0.15) is 0 Å². The van der Waals surface area contributed by atoms with E-state index in [1.807, 2.05) is 0 Å². The van der Waals surface area contributed by atoms with Crippen LogP contribution in [0.15, 0.2) is 35.3 Å². The second-order valence-corrected chi connectivity index (χ2v) is 3.87. The largest absolute Gasteiger partial charge is 0.435 e. The van der Waals surface area contributed by atoms with Crippen LogP contribution in [0.3, 0.4) is 0 Å². The molecule has 2 rings (SSSR count). The van der Waals surface area contributed by atoms with Crippen LogP contribution >= 0.6 is 27.5 Å². The number of pyridine rings is 1. The number of hydrogen-bond acceptors (Lipinski definition) is 4. The first-order chi connectivity index (χ1) is 7.25. The van der Waals surface area contributed by atoms with Gasteiger partial charge >= 0.3 is 0 Å². The zero-order valence-electron chi connectivity index (χ0n) is 7.39. The van der Waals surface area contributed by atoms with Crippen LogP contribution in [0.2, 0.25) is 5.15 Å². The molecule has 0 fully saturated rings. The van der Waals surface area contributed by atoms with Crippen molar-refractivity contribution < 1.29 is 4.74 Å². The maximum Gasteiger partial charge on any atom is 0.257 e. The minimum atomic E-state index is 0.220. The van der Waals surface area contributed by atoms with Crippen molar-refractivity contribution in [1.82, 2.24) is 15.0 Å². The Balaban J connectivity index is 2.26. The first-order valence-electron chi connectivity index (χ1n) is 4.00. The Kier molecular flexibility index (Phi) is 3.13. The lowest BCUT2D eigenvalue weighted by Crippen LogP contribution is -1.90. The van der Waals surface area contributed by atoms with Gasteiger partial charge in [0.25, 0.3) is 5.88 Å². The fourth-order valence-corrected chi connectivity index (χ4v) is 1.42. The molecule has 0 N–H and O–H groups in total. The molecule has 2 heterocycles. The summed E-state index contributed by atoms with van der Waals surface area (Å²) >= 11 is 9.07. The van der Waals surface area contributed by atoms with Crippen LogP contribution in [0.4, 0.5) is 0 Å². The van der Waals surface area contributed by atoms with Gasteiger partial charge in [-0.15, -0.1) is 0 Å². The lowest BCUT2D eigenvalue weighted by atomic mass is 10.5. The molecule has 0 spiro atoms. The van der Waals surface area contributed by atoms with Crippen molar-refractivity contribution in [2.75, 3.05) is 0 Å². The summed E-state index contributed by atoms with van der Waals surface area (Å²) in [7, 11) is 0. The fraction of sp³-hybridized carbons (Fsp3) is 0. The van der Waals surface area contributed by atoms with E-state index in [1.165, 1.54) is 12.4 Å². The summed E-state index contributed by atoms with van der Waals surface area (Å²) in [6, 6.07) is 1.76. The highest BCUT2D eigenvalue weighted by Gasteiger charge is 2.05. The predicted octanol–water partition coefficient (Wildman–Crippen LogP) is 3.08. The summed E-state index contributed by atoms with van der Waals surface area (Å²) in [5.74, 6) is 0.811. The molecular formula is C9H5BrClN3O. The Morgan fingerprint density at radius 3 is 2.73 bits per heavy atom. The average Bonchev–Trinajstić information content (AvgIpc) is 2.22. The molecule has 0 aliphatic rings. The number of hydrogen-bond donors (Lipinski definition) is 0. The van der Waals surface area contributed by atoms with Gasteiger partial charge < -0.3 is 4.74 Å². The molecule has 2 aromatic rings. The van der Waals surface area contributed by atoms with E-state index in [4.69, 9.17) is 16.3 Å². The second-order valence-electron chi connectivity index (χ2n) is 2.59. The molecule has 0 unspecified atom stereocenters. The maximum absolute atomic E-state index is 5.78. The molecule has 6 heteroatoms. The molecule has 0 bridgehead atoms. The van der Waals surface area contributed by atoms with E-state index in [0.717, 1.165) is 4.47 Å². The van der Waals surface area contributed by atoms with Crippen molar-refractivity contribution in [1.29, 1.82) is 0 Å². The number of ether oxygens (including phenoxy) is 1. The quantitative estimate of drug-likeness (QED) is 0.851. The highest BCUT2D eigenvalue weighted by Crippen LogP contribution is 2.25. The van der Waals surface area contributed by atoms with Crippen LogP contribution in [-0.4, -0.2) is 15.0 Å².